The van der Waals surface area contributed by atoms with E-state index in [-0.39, 0.29) is 0 Å². The smallest absolute Gasteiger partial charge is 0.120 e. The molecule has 1 N–H and O–H groups in total. The summed E-state index contributed by atoms with van der Waals surface area (Å²) in [7, 11) is 2.00. The van der Waals surface area contributed by atoms with Gasteiger partial charge in [-0.2, -0.15) is 0 Å². The van der Waals surface area contributed by atoms with Gasteiger partial charge in [0.15, 0.2) is 0 Å². The summed E-state index contributed by atoms with van der Waals surface area (Å²) in [5.41, 5.74) is 0. The Labute approximate surface area is 79.3 Å². The predicted molar refractivity (Wildman–Crippen MR) is 52.5 cm³/mol. The van der Waals surface area contributed by atoms with Crippen LogP contribution in [0, 0.1) is 5.92 Å². The Morgan fingerprint density at radius 2 is 2.46 bits per heavy atom. The van der Waals surface area contributed by atoms with Gasteiger partial charge in [-0.3, -0.25) is 0 Å². The molecule has 0 saturated heterocycles. The summed E-state index contributed by atoms with van der Waals surface area (Å²) in [6.45, 7) is 0. The van der Waals surface area contributed by atoms with Crippen LogP contribution in [0.2, 0.25) is 0 Å². The normalized spacial score (nSPS) is 18.8. The van der Waals surface area contributed by atoms with Crippen LogP contribution in [0.25, 0.3) is 0 Å². The minimum atomic E-state index is 0.413. The van der Waals surface area contributed by atoms with E-state index in [1.165, 1.54) is 25.7 Å². The molecule has 1 aliphatic rings. The minimum Gasteiger partial charge on any atom is -0.468 e. The highest BCUT2D eigenvalue weighted by molar-refractivity contribution is 5.04. The summed E-state index contributed by atoms with van der Waals surface area (Å²) < 4.78 is 5.38. The molecule has 13 heavy (non-hydrogen) atoms. The van der Waals surface area contributed by atoms with Crippen molar-refractivity contribution in [1.29, 1.82) is 0 Å². The molecule has 0 radical (unpaired) electrons. The summed E-state index contributed by atoms with van der Waals surface area (Å²) in [5, 5.41) is 3.29. The molecule has 1 fully saturated rings. The number of nitrogens with one attached hydrogen (secondary N) is 1. The van der Waals surface area contributed by atoms with Crippen molar-refractivity contribution in [3.8, 4) is 0 Å². The first-order valence-corrected chi connectivity index (χ1v) is 5.11. The third-order valence-corrected chi connectivity index (χ3v) is 2.80. The number of hydrogen-bond donors (Lipinski definition) is 1. The van der Waals surface area contributed by atoms with Crippen molar-refractivity contribution < 1.29 is 4.42 Å². The maximum Gasteiger partial charge on any atom is 0.120 e. The summed E-state index contributed by atoms with van der Waals surface area (Å²) in [4.78, 5) is 0. The van der Waals surface area contributed by atoms with Crippen molar-refractivity contribution >= 4 is 0 Å². The SMILES string of the molecule is CNC(CCC1CC1)c1ccco1. The van der Waals surface area contributed by atoms with Crippen molar-refractivity contribution in [2.75, 3.05) is 7.05 Å². The molecule has 1 heterocycles. The van der Waals surface area contributed by atoms with Gasteiger partial charge in [-0.05, 0) is 37.9 Å². The summed E-state index contributed by atoms with van der Waals surface area (Å²) >= 11 is 0. The number of furan rings is 1. The van der Waals surface area contributed by atoms with Gasteiger partial charge in [0.05, 0.1) is 12.3 Å². The van der Waals surface area contributed by atoms with E-state index in [2.05, 4.69) is 5.32 Å². The molecule has 1 aliphatic carbocycles. The third-order valence-electron chi connectivity index (χ3n) is 2.80. The van der Waals surface area contributed by atoms with Crippen LogP contribution in [0.15, 0.2) is 22.8 Å². The van der Waals surface area contributed by atoms with Crippen LogP contribution in [-0.4, -0.2) is 7.05 Å². The molecule has 0 spiro atoms. The lowest BCUT2D eigenvalue weighted by atomic mass is 10.1. The Morgan fingerprint density at radius 1 is 1.62 bits per heavy atom. The van der Waals surface area contributed by atoms with E-state index in [1.54, 1.807) is 6.26 Å². The van der Waals surface area contributed by atoms with Gasteiger partial charge in [-0.25, -0.2) is 0 Å². The zero-order valence-electron chi connectivity index (χ0n) is 8.12. The molecule has 0 aliphatic heterocycles. The molecule has 2 nitrogen and oxygen atoms in total. The number of rotatable bonds is 5. The third kappa shape index (κ3) is 2.34. The minimum absolute atomic E-state index is 0.413. The van der Waals surface area contributed by atoms with Crippen LogP contribution < -0.4 is 5.32 Å². The van der Waals surface area contributed by atoms with Gasteiger partial charge in [-0.15, -0.1) is 0 Å². The molecule has 1 unspecified atom stereocenters. The zero-order valence-corrected chi connectivity index (χ0v) is 8.12. The first-order chi connectivity index (χ1) is 6.40. The lowest BCUT2D eigenvalue weighted by Gasteiger charge is -2.12. The van der Waals surface area contributed by atoms with Crippen LogP contribution in [0.3, 0.4) is 0 Å². The van der Waals surface area contributed by atoms with Crippen LogP contribution in [-0.2, 0) is 0 Å². The largest absolute Gasteiger partial charge is 0.468 e. The Morgan fingerprint density at radius 3 is 3.00 bits per heavy atom. The van der Waals surface area contributed by atoms with Crippen molar-refractivity contribution in [3.63, 3.8) is 0 Å². The Kier molecular flexibility index (Phi) is 2.69. The summed E-state index contributed by atoms with van der Waals surface area (Å²) in [6, 6.07) is 4.42. The van der Waals surface area contributed by atoms with Gasteiger partial charge in [0.25, 0.3) is 0 Å². The first kappa shape index (κ1) is 8.82. The van der Waals surface area contributed by atoms with E-state index < -0.39 is 0 Å². The molecule has 1 saturated carbocycles. The molecular formula is C11H17NO. The van der Waals surface area contributed by atoms with Crippen LogP contribution in [0.4, 0.5) is 0 Å². The van der Waals surface area contributed by atoms with Crippen molar-refractivity contribution in [2.24, 2.45) is 5.92 Å². The Bertz CT molecular complexity index is 239. The zero-order chi connectivity index (χ0) is 9.10. The maximum absolute atomic E-state index is 5.38. The fourth-order valence-corrected chi connectivity index (χ4v) is 1.73. The molecule has 72 valence electrons. The molecule has 1 aromatic heterocycles. The highest BCUT2D eigenvalue weighted by atomic mass is 16.3. The highest BCUT2D eigenvalue weighted by Gasteiger charge is 2.23. The second-order valence-electron chi connectivity index (χ2n) is 3.88. The first-order valence-electron chi connectivity index (χ1n) is 5.11. The van der Waals surface area contributed by atoms with Gasteiger partial charge in [0.2, 0.25) is 0 Å². The predicted octanol–water partition coefficient (Wildman–Crippen LogP) is 2.73. The summed E-state index contributed by atoms with van der Waals surface area (Å²) in [6.07, 6.45) is 7.17. The fourth-order valence-electron chi connectivity index (χ4n) is 1.73. The molecule has 1 atom stereocenters. The average Bonchev–Trinajstić information content (AvgIpc) is 2.81. The van der Waals surface area contributed by atoms with Gasteiger partial charge < -0.3 is 9.73 Å². The van der Waals surface area contributed by atoms with E-state index in [0.29, 0.717) is 6.04 Å². The van der Waals surface area contributed by atoms with Gasteiger partial charge in [0, 0.05) is 0 Å². The molecular weight excluding hydrogens is 162 g/mol. The van der Waals surface area contributed by atoms with Crippen molar-refractivity contribution in [3.05, 3.63) is 24.2 Å². The average molecular weight is 179 g/mol. The van der Waals surface area contributed by atoms with Gasteiger partial charge in [0.1, 0.15) is 5.76 Å². The van der Waals surface area contributed by atoms with Crippen molar-refractivity contribution in [1.82, 2.24) is 5.32 Å². The van der Waals surface area contributed by atoms with Crippen molar-refractivity contribution in [2.45, 2.75) is 31.7 Å². The molecule has 0 bridgehead atoms. The maximum atomic E-state index is 5.38. The standard InChI is InChI=1S/C11H17NO/c1-12-10(7-6-9-4-5-9)11-3-2-8-13-11/h2-3,8-10,12H,4-7H2,1H3. The number of hydrogen-bond acceptors (Lipinski definition) is 2. The van der Waals surface area contributed by atoms with Crippen LogP contribution in [0.1, 0.15) is 37.5 Å². The van der Waals surface area contributed by atoms with Gasteiger partial charge in [-0.1, -0.05) is 12.8 Å². The second kappa shape index (κ2) is 3.97. The highest BCUT2D eigenvalue weighted by Crippen LogP contribution is 2.35. The molecule has 0 aromatic carbocycles. The lowest BCUT2D eigenvalue weighted by Crippen LogP contribution is -2.15. The fraction of sp³-hybridized carbons (Fsp3) is 0.636. The molecule has 2 heteroatoms. The molecule has 2 rings (SSSR count). The van der Waals surface area contributed by atoms with E-state index in [4.69, 9.17) is 4.42 Å². The molecule has 0 amide bonds. The van der Waals surface area contributed by atoms with Crippen LogP contribution >= 0.6 is 0 Å². The Hall–Kier alpha value is -0.760. The Balaban J connectivity index is 1.85. The second-order valence-corrected chi connectivity index (χ2v) is 3.88. The van der Waals surface area contributed by atoms with Crippen LogP contribution in [0.5, 0.6) is 0 Å². The summed E-state index contributed by atoms with van der Waals surface area (Å²) in [5.74, 6) is 2.08. The lowest BCUT2D eigenvalue weighted by molar-refractivity contribution is 0.401. The monoisotopic (exact) mass is 179 g/mol. The quantitative estimate of drug-likeness (QED) is 0.751. The molecule has 1 aromatic rings. The van der Waals surface area contributed by atoms with E-state index in [9.17, 15) is 0 Å². The van der Waals surface area contributed by atoms with Gasteiger partial charge >= 0.3 is 0 Å². The van der Waals surface area contributed by atoms with E-state index in [0.717, 1.165) is 11.7 Å². The van der Waals surface area contributed by atoms with E-state index >= 15 is 0 Å². The topological polar surface area (TPSA) is 25.2 Å². The van der Waals surface area contributed by atoms with E-state index in [1.807, 2.05) is 19.2 Å².